The number of carbonyl (C=O) groups is 1. The molecule has 0 saturated heterocycles. The lowest BCUT2D eigenvalue weighted by atomic mass is 10.1. The van der Waals surface area contributed by atoms with E-state index in [0.717, 1.165) is 32.9 Å². The first-order chi connectivity index (χ1) is 14.7. The summed E-state index contributed by atoms with van der Waals surface area (Å²) >= 11 is 1.55. The Bertz CT molecular complexity index is 1360. The van der Waals surface area contributed by atoms with E-state index in [1.165, 1.54) is 0 Å². The number of nitrogens with zero attached hydrogens (tertiary/aromatic N) is 2. The minimum Gasteiger partial charge on any atom is -0.356 e. The van der Waals surface area contributed by atoms with E-state index in [0.29, 0.717) is 16.8 Å². The number of aryl methyl sites for hydroxylation is 1. The maximum atomic E-state index is 12.8. The lowest BCUT2D eigenvalue weighted by Crippen LogP contribution is -2.12. The van der Waals surface area contributed by atoms with Gasteiger partial charge in [-0.3, -0.25) is 4.79 Å². The Balaban J connectivity index is 1.49. The molecule has 1 amide bonds. The molecule has 3 aromatic carbocycles. The molecule has 0 fully saturated rings. The summed E-state index contributed by atoms with van der Waals surface area (Å²) in [7, 11) is 0. The molecule has 0 saturated carbocycles. The number of thiazole rings is 1. The number of benzene rings is 3. The topological polar surface area (TPSA) is 68.0 Å². The molecule has 0 aliphatic carbocycles. The van der Waals surface area contributed by atoms with Gasteiger partial charge < -0.3 is 9.84 Å². The molecule has 2 heterocycles. The molecule has 5 rings (SSSR count). The summed E-state index contributed by atoms with van der Waals surface area (Å²) in [6, 6.07) is 23.0. The molecule has 5 aromatic rings. The van der Waals surface area contributed by atoms with Gasteiger partial charge in [0.05, 0.1) is 5.39 Å². The van der Waals surface area contributed by atoms with Crippen LogP contribution in [0.25, 0.3) is 32.9 Å². The van der Waals surface area contributed by atoms with Crippen molar-refractivity contribution in [2.24, 2.45) is 0 Å². The highest BCUT2D eigenvalue weighted by atomic mass is 32.1. The van der Waals surface area contributed by atoms with Crippen molar-refractivity contribution in [3.63, 3.8) is 0 Å². The van der Waals surface area contributed by atoms with Crippen LogP contribution in [0.2, 0.25) is 0 Å². The van der Waals surface area contributed by atoms with Crippen molar-refractivity contribution in [1.82, 2.24) is 10.1 Å². The highest BCUT2D eigenvalue weighted by molar-refractivity contribution is 7.13. The Kier molecular flexibility index (Phi) is 4.61. The summed E-state index contributed by atoms with van der Waals surface area (Å²) in [6.07, 6.45) is 0. The molecular formula is C24H17N3O2S. The van der Waals surface area contributed by atoms with Crippen LogP contribution in [0.4, 0.5) is 5.69 Å². The number of hydrogen-bond donors (Lipinski definition) is 1. The normalized spacial score (nSPS) is 11.0. The van der Waals surface area contributed by atoms with E-state index in [2.05, 4.69) is 10.5 Å². The van der Waals surface area contributed by atoms with Crippen LogP contribution in [-0.2, 0) is 0 Å². The molecule has 6 heteroatoms. The molecule has 1 N–H and O–H groups in total. The maximum absolute atomic E-state index is 12.8. The van der Waals surface area contributed by atoms with Crippen molar-refractivity contribution in [1.29, 1.82) is 0 Å². The van der Waals surface area contributed by atoms with Crippen molar-refractivity contribution >= 4 is 33.9 Å². The molecule has 0 atom stereocenters. The predicted molar refractivity (Wildman–Crippen MR) is 120 cm³/mol. The molecule has 0 bridgehead atoms. The highest BCUT2D eigenvalue weighted by Gasteiger charge is 2.17. The van der Waals surface area contributed by atoms with Crippen LogP contribution in [-0.4, -0.2) is 16.0 Å². The van der Waals surface area contributed by atoms with Crippen LogP contribution in [0.15, 0.2) is 82.7 Å². The first-order valence-electron chi connectivity index (χ1n) is 9.47. The van der Waals surface area contributed by atoms with E-state index in [1.54, 1.807) is 29.5 Å². The molecule has 0 radical (unpaired) electrons. The fourth-order valence-corrected chi connectivity index (χ4v) is 4.08. The number of fused-ring (bicyclic) bond motifs is 1. The first-order valence-corrected chi connectivity index (χ1v) is 10.3. The number of nitrogens with one attached hydrogen (secondary N) is 1. The van der Waals surface area contributed by atoms with Crippen LogP contribution in [0.3, 0.4) is 0 Å². The van der Waals surface area contributed by atoms with Gasteiger partial charge in [0.1, 0.15) is 16.4 Å². The van der Waals surface area contributed by atoms with Crippen LogP contribution in [0.5, 0.6) is 0 Å². The third kappa shape index (κ3) is 3.38. The van der Waals surface area contributed by atoms with Crippen molar-refractivity contribution in [2.75, 3.05) is 5.32 Å². The lowest BCUT2D eigenvalue weighted by Gasteiger charge is -2.08. The second-order valence-electron chi connectivity index (χ2n) is 6.92. The van der Waals surface area contributed by atoms with E-state index in [1.807, 2.05) is 66.9 Å². The van der Waals surface area contributed by atoms with Crippen molar-refractivity contribution < 1.29 is 9.32 Å². The van der Waals surface area contributed by atoms with E-state index >= 15 is 0 Å². The number of anilines is 1. The maximum Gasteiger partial charge on any atom is 0.255 e. The van der Waals surface area contributed by atoms with Gasteiger partial charge in [-0.15, -0.1) is 11.3 Å². The number of hydrogen-bond acceptors (Lipinski definition) is 5. The van der Waals surface area contributed by atoms with Crippen molar-refractivity contribution in [3.05, 3.63) is 89.3 Å². The SMILES string of the molecule is Cc1ccccc1NC(=O)c1ccc2onc(-c3csc(-c4ccccc4)n3)c2c1. The summed E-state index contributed by atoms with van der Waals surface area (Å²) in [6.45, 7) is 1.96. The number of amides is 1. The number of para-hydroxylation sites is 1. The van der Waals surface area contributed by atoms with E-state index < -0.39 is 0 Å². The van der Waals surface area contributed by atoms with E-state index in [4.69, 9.17) is 9.51 Å². The Morgan fingerprint density at radius 3 is 2.63 bits per heavy atom. The predicted octanol–water partition coefficient (Wildman–Crippen LogP) is 6.18. The average molecular weight is 411 g/mol. The van der Waals surface area contributed by atoms with Crippen molar-refractivity contribution in [3.8, 4) is 22.0 Å². The van der Waals surface area contributed by atoms with Gasteiger partial charge in [0.2, 0.25) is 0 Å². The van der Waals surface area contributed by atoms with Crippen molar-refractivity contribution in [2.45, 2.75) is 6.92 Å². The minimum absolute atomic E-state index is 0.179. The van der Waals surface area contributed by atoms with Gasteiger partial charge in [-0.2, -0.15) is 0 Å². The largest absolute Gasteiger partial charge is 0.356 e. The Morgan fingerprint density at radius 2 is 1.80 bits per heavy atom. The molecular weight excluding hydrogens is 394 g/mol. The van der Waals surface area contributed by atoms with Gasteiger partial charge in [-0.1, -0.05) is 53.7 Å². The summed E-state index contributed by atoms with van der Waals surface area (Å²) in [5.74, 6) is -0.179. The van der Waals surface area contributed by atoms with Gasteiger partial charge in [0.15, 0.2) is 5.58 Å². The third-order valence-electron chi connectivity index (χ3n) is 4.89. The molecule has 5 nitrogen and oxygen atoms in total. The molecule has 2 aromatic heterocycles. The zero-order valence-electron chi connectivity index (χ0n) is 16.1. The standard InChI is InChI=1S/C24H17N3O2S/c1-15-7-5-6-10-19(15)25-23(28)17-11-12-21-18(13-17)22(27-29-21)20-14-30-24(26-20)16-8-3-2-4-9-16/h2-14H,1H3,(H,25,28). The van der Waals surface area contributed by atoms with Crippen LogP contribution in [0.1, 0.15) is 15.9 Å². The van der Waals surface area contributed by atoms with E-state index in [-0.39, 0.29) is 5.91 Å². The fraction of sp³-hybridized carbons (Fsp3) is 0.0417. The summed E-state index contributed by atoms with van der Waals surface area (Å²) < 4.78 is 5.47. The quantitative estimate of drug-likeness (QED) is 0.383. The van der Waals surface area contributed by atoms with Gasteiger partial charge >= 0.3 is 0 Å². The minimum atomic E-state index is -0.179. The zero-order valence-corrected chi connectivity index (χ0v) is 16.9. The lowest BCUT2D eigenvalue weighted by molar-refractivity contribution is 0.102. The first kappa shape index (κ1) is 18.3. The van der Waals surface area contributed by atoms with Crippen LogP contribution in [0, 0.1) is 6.92 Å². The van der Waals surface area contributed by atoms with Gasteiger partial charge in [-0.05, 0) is 36.8 Å². The van der Waals surface area contributed by atoms with Gasteiger partial charge in [0.25, 0.3) is 5.91 Å². The number of rotatable bonds is 4. The van der Waals surface area contributed by atoms with Gasteiger partial charge in [-0.25, -0.2) is 4.98 Å². The zero-order chi connectivity index (χ0) is 20.5. The number of carbonyl (C=O) groups excluding carboxylic acids is 1. The van der Waals surface area contributed by atoms with Crippen LogP contribution >= 0.6 is 11.3 Å². The molecule has 0 spiro atoms. The van der Waals surface area contributed by atoms with Crippen LogP contribution < -0.4 is 5.32 Å². The molecule has 0 aliphatic rings. The smallest absolute Gasteiger partial charge is 0.255 e. The number of aromatic nitrogens is 2. The summed E-state index contributed by atoms with van der Waals surface area (Å²) in [5.41, 5.74) is 5.37. The summed E-state index contributed by atoms with van der Waals surface area (Å²) in [5, 5.41) is 10.8. The summed E-state index contributed by atoms with van der Waals surface area (Å²) in [4.78, 5) is 17.5. The second kappa shape index (κ2) is 7.57. The third-order valence-corrected chi connectivity index (χ3v) is 5.78. The molecule has 0 aliphatic heterocycles. The average Bonchev–Trinajstić information content (AvgIpc) is 3.42. The highest BCUT2D eigenvalue weighted by Crippen LogP contribution is 2.33. The monoisotopic (exact) mass is 411 g/mol. The molecule has 146 valence electrons. The van der Waals surface area contributed by atoms with E-state index in [9.17, 15) is 4.79 Å². The Morgan fingerprint density at radius 1 is 1.00 bits per heavy atom. The fourth-order valence-electron chi connectivity index (χ4n) is 3.27. The molecule has 0 unspecified atom stereocenters. The molecule has 30 heavy (non-hydrogen) atoms. The Labute approximate surface area is 177 Å². The van der Waals surface area contributed by atoms with Gasteiger partial charge in [0, 0.05) is 22.2 Å². The Hall–Kier alpha value is -3.77. The second-order valence-corrected chi connectivity index (χ2v) is 7.77.